The van der Waals surface area contributed by atoms with Crippen molar-refractivity contribution in [2.45, 2.75) is 13.5 Å². The Morgan fingerprint density at radius 2 is 1.94 bits per heavy atom. The molecule has 1 saturated heterocycles. The zero-order valence-corrected chi connectivity index (χ0v) is 11.5. The molecule has 0 amide bonds. The molecule has 0 spiro atoms. The second kappa shape index (κ2) is 6.71. The molecule has 4 nitrogen and oxygen atoms in total. The molecular formula is C12H17BrN2O2. The Kier molecular flexibility index (Phi) is 5.58. The molecule has 1 aromatic rings. The first-order chi connectivity index (χ1) is 7.75. The Balaban J connectivity index is 0.00000144. The van der Waals surface area contributed by atoms with E-state index in [1.807, 2.05) is 29.1 Å². The quantitative estimate of drug-likeness (QED) is 0.574. The summed E-state index contributed by atoms with van der Waals surface area (Å²) < 4.78 is 7.20. The zero-order chi connectivity index (χ0) is 11.4. The van der Waals surface area contributed by atoms with Gasteiger partial charge in [-0.05, 0) is 0 Å². The van der Waals surface area contributed by atoms with Gasteiger partial charge in [0, 0.05) is 37.8 Å². The summed E-state index contributed by atoms with van der Waals surface area (Å²) in [6.45, 7) is 5.52. The minimum Gasteiger partial charge on any atom is -1.00 e. The van der Waals surface area contributed by atoms with Gasteiger partial charge in [-0.2, -0.15) is 4.57 Å². The van der Waals surface area contributed by atoms with Crippen molar-refractivity contribution in [3.63, 3.8) is 0 Å². The van der Waals surface area contributed by atoms with Crippen LogP contribution >= 0.6 is 0 Å². The van der Waals surface area contributed by atoms with E-state index in [9.17, 15) is 4.79 Å². The van der Waals surface area contributed by atoms with E-state index >= 15 is 0 Å². The standard InChI is InChI=1S/C12H17N2O2.BrH/c1-11(15)10-13-4-2-12(3-5-13)14-6-8-16-9-7-14;/h2-5H,6-10H2,1H3;1H/q+1;/p-1. The number of hydrogen-bond donors (Lipinski definition) is 0. The number of carbonyl (C=O) groups is 1. The molecule has 0 aromatic carbocycles. The van der Waals surface area contributed by atoms with Gasteiger partial charge < -0.3 is 26.6 Å². The average molecular weight is 301 g/mol. The van der Waals surface area contributed by atoms with Gasteiger partial charge >= 0.3 is 0 Å². The van der Waals surface area contributed by atoms with Crippen molar-refractivity contribution < 1.29 is 31.1 Å². The summed E-state index contributed by atoms with van der Waals surface area (Å²) in [5.74, 6) is 0.170. The molecule has 0 N–H and O–H groups in total. The van der Waals surface area contributed by atoms with Crippen LogP contribution in [0, 0.1) is 0 Å². The van der Waals surface area contributed by atoms with Gasteiger partial charge in [-0.3, -0.25) is 4.79 Å². The molecule has 0 saturated carbocycles. The number of morpholine rings is 1. The van der Waals surface area contributed by atoms with Crippen LogP contribution in [0.4, 0.5) is 5.69 Å². The van der Waals surface area contributed by atoms with E-state index in [-0.39, 0.29) is 22.8 Å². The number of Topliss-reactive ketones (excluding diaryl/α,β-unsaturated/α-hetero) is 1. The highest BCUT2D eigenvalue weighted by Gasteiger charge is 2.12. The summed E-state index contributed by atoms with van der Waals surface area (Å²) >= 11 is 0. The van der Waals surface area contributed by atoms with Crippen LogP contribution in [0.25, 0.3) is 0 Å². The van der Waals surface area contributed by atoms with Crippen LogP contribution in [-0.4, -0.2) is 32.1 Å². The van der Waals surface area contributed by atoms with Gasteiger partial charge in [0.15, 0.2) is 18.2 Å². The van der Waals surface area contributed by atoms with Gasteiger partial charge in [0.2, 0.25) is 6.54 Å². The van der Waals surface area contributed by atoms with Gasteiger partial charge in [0.1, 0.15) is 0 Å². The number of ether oxygens (including phenoxy) is 1. The highest BCUT2D eigenvalue weighted by Crippen LogP contribution is 2.12. The number of halogens is 1. The number of nitrogens with zero attached hydrogens (tertiary/aromatic N) is 2. The fourth-order valence-electron chi connectivity index (χ4n) is 1.84. The van der Waals surface area contributed by atoms with Crippen molar-refractivity contribution >= 4 is 11.5 Å². The van der Waals surface area contributed by atoms with E-state index in [0.29, 0.717) is 6.54 Å². The molecule has 94 valence electrons. The lowest BCUT2D eigenvalue weighted by Gasteiger charge is -2.28. The van der Waals surface area contributed by atoms with E-state index < -0.39 is 0 Å². The van der Waals surface area contributed by atoms with E-state index in [1.165, 1.54) is 5.69 Å². The lowest BCUT2D eigenvalue weighted by atomic mass is 10.3. The highest BCUT2D eigenvalue weighted by atomic mass is 79.9. The maximum absolute atomic E-state index is 11.0. The van der Waals surface area contributed by atoms with Crippen molar-refractivity contribution in [1.82, 2.24) is 0 Å². The van der Waals surface area contributed by atoms with E-state index in [4.69, 9.17) is 4.74 Å². The second-order valence-electron chi connectivity index (χ2n) is 4.03. The van der Waals surface area contributed by atoms with Gasteiger partial charge in [0.25, 0.3) is 0 Å². The first-order valence-electron chi connectivity index (χ1n) is 5.57. The first kappa shape index (κ1) is 14.1. The molecule has 2 rings (SSSR count). The maximum atomic E-state index is 11.0. The van der Waals surface area contributed by atoms with Crippen molar-refractivity contribution in [3.8, 4) is 0 Å². The van der Waals surface area contributed by atoms with Crippen molar-refractivity contribution in [1.29, 1.82) is 0 Å². The highest BCUT2D eigenvalue weighted by molar-refractivity contribution is 5.73. The fourth-order valence-corrected chi connectivity index (χ4v) is 1.84. The third-order valence-corrected chi connectivity index (χ3v) is 2.66. The average Bonchev–Trinajstić information content (AvgIpc) is 2.30. The summed E-state index contributed by atoms with van der Waals surface area (Å²) in [6, 6.07) is 4.10. The zero-order valence-electron chi connectivity index (χ0n) is 9.93. The number of hydrogen-bond acceptors (Lipinski definition) is 3. The van der Waals surface area contributed by atoms with Gasteiger partial charge in [-0.1, -0.05) is 0 Å². The molecule has 2 heterocycles. The van der Waals surface area contributed by atoms with Gasteiger partial charge in [0.05, 0.1) is 13.2 Å². The summed E-state index contributed by atoms with van der Waals surface area (Å²) in [6.07, 6.45) is 3.90. The topological polar surface area (TPSA) is 33.4 Å². The number of rotatable bonds is 3. The van der Waals surface area contributed by atoms with E-state index in [2.05, 4.69) is 4.90 Å². The Morgan fingerprint density at radius 1 is 1.35 bits per heavy atom. The SMILES string of the molecule is CC(=O)C[n+]1ccc(N2CCOCC2)cc1.[Br-]. The van der Waals surface area contributed by atoms with Crippen molar-refractivity contribution in [2.75, 3.05) is 31.2 Å². The summed E-state index contributed by atoms with van der Waals surface area (Å²) in [5, 5.41) is 0. The van der Waals surface area contributed by atoms with Crippen molar-refractivity contribution in [2.24, 2.45) is 0 Å². The molecular weight excluding hydrogens is 284 g/mol. The van der Waals surface area contributed by atoms with Crippen molar-refractivity contribution in [3.05, 3.63) is 24.5 Å². The van der Waals surface area contributed by atoms with Crippen LogP contribution in [0.5, 0.6) is 0 Å². The lowest BCUT2D eigenvalue weighted by Crippen LogP contribution is -3.00. The molecule has 17 heavy (non-hydrogen) atoms. The molecule has 5 heteroatoms. The minimum atomic E-state index is 0. The van der Waals surface area contributed by atoms with Crippen LogP contribution in [0.2, 0.25) is 0 Å². The summed E-state index contributed by atoms with van der Waals surface area (Å²) in [7, 11) is 0. The second-order valence-corrected chi connectivity index (χ2v) is 4.03. The number of pyridine rings is 1. The fraction of sp³-hybridized carbons (Fsp3) is 0.500. The summed E-state index contributed by atoms with van der Waals surface area (Å²) in [4.78, 5) is 13.2. The number of aromatic nitrogens is 1. The molecule has 0 bridgehead atoms. The Labute approximate surface area is 112 Å². The van der Waals surface area contributed by atoms with Gasteiger partial charge in [-0.25, -0.2) is 0 Å². The third kappa shape index (κ3) is 4.09. The number of anilines is 1. The molecule has 1 fully saturated rings. The molecule has 1 aliphatic rings. The molecule has 0 unspecified atom stereocenters. The Hall–Kier alpha value is -0.940. The molecule has 1 aliphatic heterocycles. The smallest absolute Gasteiger partial charge is 0.206 e. The van der Waals surface area contributed by atoms with E-state index in [1.54, 1.807) is 6.92 Å². The molecule has 1 aromatic heterocycles. The number of carbonyl (C=O) groups excluding carboxylic acids is 1. The molecule has 0 aliphatic carbocycles. The number of ketones is 1. The maximum Gasteiger partial charge on any atom is 0.206 e. The van der Waals surface area contributed by atoms with Crippen LogP contribution in [0.1, 0.15) is 6.92 Å². The van der Waals surface area contributed by atoms with Crippen LogP contribution in [-0.2, 0) is 16.1 Å². The Morgan fingerprint density at radius 3 is 2.47 bits per heavy atom. The lowest BCUT2D eigenvalue weighted by molar-refractivity contribution is -0.684. The summed E-state index contributed by atoms with van der Waals surface area (Å²) in [5.41, 5.74) is 1.20. The van der Waals surface area contributed by atoms with Crippen LogP contribution < -0.4 is 26.4 Å². The molecule has 0 radical (unpaired) electrons. The first-order valence-corrected chi connectivity index (χ1v) is 5.57. The predicted molar refractivity (Wildman–Crippen MR) is 60.4 cm³/mol. The third-order valence-electron chi connectivity index (χ3n) is 2.66. The normalized spacial score (nSPS) is 15.2. The van der Waals surface area contributed by atoms with Gasteiger partial charge in [-0.15, -0.1) is 0 Å². The van der Waals surface area contributed by atoms with Crippen LogP contribution in [0.3, 0.4) is 0 Å². The Bertz CT molecular complexity index is 361. The predicted octanol–water partition coefficient (Wildman–Crippen LogP) is -2.60. The van der Waals surface area contributed by atoms with E-state index in [0.717, 1.165) is 26.3 Å². The largest absolute Gasteiger partial charge is 1.00 e. The monoisotopic (exact) mass is 300 g/mol. The minimum absolute atomic E-state index is 0. The van der Waals surface area contributed by atoms with Crippen LogP contribution in [0.15, 0.2) is 24.5 Å². The molecule has 0 atom stereocenters.